The fourth-order valence-electron chi connectivity index (χ4n) is 2.85. The van der Waals surface area contributed by atoms with E-state index in [0.717, 1.165) is 28.8 Å². The first-order chi connectivity index (χ1) is 10.3. The highest BCUT2D eigenvalue weighted by Gasteiger charge is 2.31. The summed E-state index contributed by atoms with van der Waals surface area (Å²) in [5.74, 6) is 2.36. The average molecular weight is 319 g/mol. The Labute approximate surface area is 134 Å². The number of para-hydroxylation sites is 1. The molecule has 0 amide bonds. The van der Waals surface area contributed by atoms with Crippen LogP contribution in [-0.4, -0.2) is 38.2 Å². The molecule has 3 rings (SSSR count). The van der Waals surface area contributed by atoms with Crippen LogP contribution in [0.4, 0.5) is 0 Å². The Morgan fingerprint density at radius 2 is 2.00 bits per heavy atom. The van der Waals surface area contributed by atoms with Gasteiger partial charge in [0.1, 0.15) is 0 Å². The predicted octanol–water partition coefficient (Wildman–Crippen LogP) is 3.77. The lowest BCUT2D eigenvalue weighted by Gasteiger charge is -2.33. The third kappa shape index (κ3) is 3.55. The molecule has 1 aliphatic heterocycles. The SMILES string of the molecule is CCC1SCCSC1C(O)Cc1ccc2ccccc2n1. The summed E-state index contributed by atoms with van der Waals surface area (Å²) in [6.45, 7) is 2.22. The number of aliphatic hydroxyl groups is 1. The van der Waals surface area contributed by atoms with Gasteiger partial charge in [0.05, 0.1) is 11.6 Å². The van der Waals surface area contributed by atoms with E-state index in [4.69, 9.17) is 0 Å². The zero-order chi connectivity index (χ0) is 14.7. The van der Waals surface area contributed by atoms with Gasteiger partial charge < -0.3 is 5.11 Å². The summed E-state index contributed by atoms with van der Waals surface area (Å²) in [4.78, 5) is 4.68. The molecule has 2 nitrogen and oxygen atoms in total. The van der Waals surface area contributed by atoms with E-state index in [1.165, 1.54) is 5.75 Å². The van der Waals surface area contributed by atoms with Crippen LogP contribution in [0.3, 0.4) is 0 Å². The maximum Gasteiger partial charge on any atom is 0.0724 e. The normalized spacial score (nSPS) is 24.1. The van der Waals surface area contributed by atoms with E-state index in [1.54, 1.807) is 0 Å². The van der Waals surface area contributed by atoms with Gasteiger partial charge in [-0.3, -0.25) is 4.98 Å². The summed E-state index contributed by atoms with van der Waals surface area (Å²) in [6.07, 6.45) is 1.48. The van der Waals surface area contributed by atoms with E-state index in [-0.39, 0.29) is 6.10 Å². The monoisotopic (exact) mass is 319 g/mol. The molecule has 0 saturated carbocycles. The Hall–Kier alpha value is -0.710. The molecule has 0 bridgehead atoms. The van der Waals surface area contributed by atoms with Crippen molar-refractivity contribution in [1.29, 1.82) is 0 Å². The molecule has 3 unspecified atom stereocenters. The summed E-state index contributed by atoms with van der Waals surface area (Å²) < 4.78 is 0. The smallest absolute Gasteiger partial charge is 0.0724 e. The maximum absolute atomic E-state index is 10.6. The number of hydrogen-bond acceptors (Lipinski definition) is 4. The Morgan fingerprint density at radius 3 is 2.86 bits per heavy atom. The van der Waals surface area contributed by atoms with Crippen molar-refractivity contribution in [2.45, 2.75) is 36.4 Å². The van der Waals surface area contributed by atoms with Gasteiger partial charge in [0.2, 0.25) is 0 Å². The first kappa shape index (κ1) is 15.2. The van der Waals surface area contributed by atoms with Crippen molar-refractivity contribution >= 4 is 34.4 Å². The van der Waals surface area contributed by atoms with Gasteiger partial charge in [-0.15, -0.1) is 0 Å². The van der Waals surface area contributed by atoms with Crippen molar-refractivity contribution < 1.29 is 5.11 Å². The second kappa shape index (κ2) is 7.03. The second-order valence-corrected chi connectivity index (χ2v) is 8.05. The lowest BCUT2D eigenvalue weighted by atomic mass is 10.1. The minimum Gasteiger partial charge on any atom is -0.392 e. The van der Waals surface area contributed by atoms with Crippen molar-refractivity contribution in [3.05, 3.63) is 42.1 Å². The predicted molar refractivity (Wildman–Crippen MR) is 94.2 cm³/mol. The number of benzene rings is 1. The van der Waals surface area contributed by atoms with Gasteiger partial charge in [0, 0.05) is 39.5 Å². The minimum absolute atomic E-state index is 0.304. The number of thioether (sulfide) groups is 2. The number of fused-ring (bicyclic) bond motifs is 1. The van der Waals surface area contributed by atoms with Crippen LogP contribution >= 0.6 is 23.5 Å². The highest BCUT2D eigenvalue weighted by molar-refractivity contribution is 8.07. The van der Waals surface area contributed by atoms with E-state index in [0.29, 0.717) is 16.9 Å². The molecule has 0 aliphatic carbocycles. The molecular formula is C17H21NOS2. The number of aliphatic hydroxyl groups excluding tert-OH is 1. The Morgan fingerprint density at radius 1 is 1.19 bits per heavy atom. The molecule has 1 aromatic heterocycles. The molecule has 112 valence electrons. The lowest BCUT2D eigenvalue weighted by Crippen LogP contribution is -2.37. The first-order valence-electron chi connectivity index (χ1n) is 7.54. The Kier molecular flexibility index (Phi) is 5.09. The minimum atomic E-state index is -0.304. The molecule has 1 saturated heterocycles. The zero-order valence-corrected chi connectivity index (χ0v) is 13.9. The third-order valence-corrected chi connectivity index (χ3v) is 7.34. The van der Waals surface area contributed by atoms with Crippen LogP contribution in [0.1, 0.15) is 19.0 Å². The fraction of sp³-hybridized carbons (Fsp3) is 0.471. The van der Waals surface area contributed by atoms with Crippen molar-refractivity contribution in [2.24, 2.45) is 0 Å². The van der Waals surface area contributed by atoms with Crippen molar-refractivity contribution in [2.75, 3.05) is 11.5 Å². The number of aromatic nitrogens is 1. The van der Waals surface area contributed by atoms with E-state index in [1.807, 2.05) is 47.8 Å². The zero-order valence-electron chi connectivity index (χ0n) is 12.2. The van der Waals surface area contributed by atoms with Crippen LogP contribution < -0.4 is 0 Å². The highest BCUT2D eigenvalue weighted by Crippen LogP contribution is 2.35. The van der Waals surface area contributed by atoms with E-state index in [2.05, 4.69) is 24.0 Å². The van der Waals surface area contributed by atoms with Gasteiger partial charge >= 0.3 is 0 Å². The average Bonchev–Trinajstić information content (AvgIpc) is 2.54. The standard InChI is InChI=1S/C17H21NOS2/c1-2-16-17(21-10-9-20-16)15(19)11-13-8-7-12-5-3-4-6-14(12)18-13/h3-8,15-17,19H,2,9-11H2,1H3. The van der Waals surface area contributed by atoms with Crippen molar-refractivity contribution in [3.8, 4) is 0 Å². The van der Waals surface area contributed by atoms with E-state index in [9.17, 15) is 5.11 Å². The Balaban J connectivity index is 1.74. The fourth-order valence-corrected chi connectivity index (χ4v) is 6.00. The number of pyridine rings is 1. The van der Waals surface area contributed by atoms with Crippen molar-refractivity contribution in [1.82, 2.24) is 4.98 Å². The van der Waals surface area contributed by atoms with Gasteiger partial charge in [0.25, 0.3) is 0 Å². The molecule has 4 heteroatoms. The van der Waals surface area contributed by atoms with Crippen LogP contribution in [0.25, 0.3) is 10.9 Å². The quantitative estimate of drug-likeness (QED) is 0.930. The van der Waals surface area contributed by atoms with Gasteiger partial charge in [-0.05, 0) is 18.6 Å². The number of hydrogen-bond donors (Lipinski definition) is 1. The van der Waals surface area contributed by atoms with Crippen LogP contribution in [0, 0.1) is 0 Å². The molecule has 1 aromatic carbocycles. The summed E-state index contributed by atoms with van der Waals surface area (Å²) in [5.41, 5.74) is 2.01. The Bertz CT molecular complexity index is 604. The highest BCUT2D eigenvalue weighted by atomic mass is 32.2. The van der Waals surface area contributed by atoms with Gasteiger partial charge in [-0.25, -0.2) is 0 Å². The van der Waals surface area contributed by atoms with Gasteiger partial charge in [-0.2, -0.15) is 23.5 Å². The third-order valence-electron chi connectivity index (χ3n) is 3.95. The molecule has 0 radical (unpaired) electrons. The molecule has 1 N–H and O–H groups in total. The topological polar surface area (TPSA) is 33.1 Å². The number of nitrogens with zero attached hydrogens (tertiary/aromatic N) is 1. The van der Waals surface area contributed by atoms with E-state index >= 15 is 0 Å². The summed E-state index contributed by atoms with van der Waals surface area (Å²) >= 11 is 3.94. The molecule has 0 spiro atoms. The molecule has 1 aliphatic rings. The van der Waals surface area contributed by atoms with Crippen LogP contribution in [-0.2, 0) is 6.42 Å². The first-order valence-corrected chi connectivity index (χ1v) is 9.63. The van der Waals surface area contributed by atoms with E-state index < -0.39 is 0 Å². The summed E-state index contributed by atoms with van der Waals surface area (Å²) in [5, 5.41) is 12.7. The molecule has 1 fully saturated rings. The van der Waals surface area contributed by atoms with Crippen LogP contribution in [0.5, 0.6) is 0 Å². The van der Waals surface area contributed by atoms with Crippen LogP contribution in [0.2, 0.25) is 0 Å². The molecule has 3 atom stereocenters. The number of rotatable bonds is 4. The summed E-state index contributed by atoms with van der Waals surface area (Å²) in [7, 11) is 0. The molecule has 2 aromatic rings. The lowest BCUT2D eigenvalue weighted by molar-refractivity contribution is 0.168. The van der Waals surface area contributed by atoms with Crippen LogP contribution in [0.15, 0.2) is 36.4 Å². The molecule has 21 heavy (non-hydrogen) atoms. The second-order valence-electron chi connectivity index (χ2n) is 5.42. The molecular weight excluding hydrogens is 298 g/mol. The van der Waals surface area contributed by atoms with Gasteiger partial charge in [-0.1, -0.05) is 31.2 Å². The largest absolute Gasteiger partial charge is 0.392 e. The molecule has 2 heterocycles. The maximum atomic E-state index is 10.6. The van der Waals surface area contributed by atoms with Gasteiger partial charge in [0.15, 0.2) is 0 Å². The van der Waals surface area contributed by atoms with Crippen molar-refractivity contribution in [3.63, 3.8) is 0 Å². The summed E-state index contributed by atoms with van der Waals surface area (Å²) in [6, 6.07) is 12.3.